The SMILES string of the molecule is COC(=O)CC#Cc1ccc(C(=O)O)c(C)c1. The lowest BCUT2D eigenvalue weighted by Crippen LogP contribution is -1.99. The summed E-state index contributed by atoms with van der Waals surface area (Å²) in [5.74, 6) is 4.08. The third-order valence-corrected chi connectivity index (χ3v) is 2.15. The Bertz CT molecular complexity index is 506. The molecule has 0 aliphatic heterocycles. The van der Waals surface area contributed by atoms with Gasteiger partial charge in [-0.25, -0.2) is 4.79 Å². The van der Waals surface area contributed by atoms with Crippen LogP contribution in [0.3, 0.4) is 0 Å². The topological polar surface area (TPSA) is 63.6 Å². The van der Waals surface area contributed by atoms with Gasteiger partial charge in [-0.2, -0.15) is 0 Å². The summed E-state index contributed by atoms with van der Waals surface area (Å²) in [6, 6.07) is 4.79. The van der Waals surface area contributed by atoms with Crippen LogP contribution in [-0.4, -0.2) is 24.2 Å². The second kappa shape index (κ2) is 5.71. The lowest BCUT2D eigenvalue weighted by atomic mass is 10.1. The zero-order valence-corrected chi connectivity index (χ0v) is 9.61. The molecule has 0 fully saturated rings. The third kappa shape index (κ3) is 3.65. The highest BCUT2D eigenvalue weighted by molar-refractivity contribution is 5.89. The maximum Gasteiger partial charge on any atom is 0.335 e. The number of aromatic carboxylic acids is 1. The summed E-state index contributed by atoms with van der Waals surface area (Å²) in [4.78, 5) is 21.6. The van der Waals surface area contributed by atoms with Crippen molar-refractivity contribution in [1.29, 1.82) is 0 Å². The van der Waals surface area contributed by atoms with Crippen LogP contribution < -0.4 is 0 Å². The number of hydrogen-bond donors (Lipinski definition) is 1. The molecule has 88 valence electrons. The standard InChI is InChI=1S/C13H12O4/c1-9-8-10(4-3-5-12(14)17-2)6-7-11(9)13(15)16/h6-8H,5H2,1-2H3,(H,15,16). The van der Waals surface area contributed by atoms with Gasteiger partial charge in [0.2, 0.25) is 0 Å². The maximum absolute atomic E-state index is 10.8. The highest BCUT2D eigenvalue weighted by Crippen LogP contribution is 2.10. The minimum absolute atomic E-state index is 0.0240. The van der Waals surface area contributed by atoms with Gasteiger partial charge in [0.1, 0.15) is 6.42 Å². The van der Waals surface area contributed by atoms with E-state index in [0.717, 1.165) is 0 Å². The molecule has 0 saturated heterocycles. The number of esters is 1. The maximum atomic E-state index is 10.8. The molecule has 0 amide bonds. The lowest BCUT2D eigenvalue weighted by Gasteiger charge is -2.00. The van der Waals surface area contributed by atoms with Gasteiger partial charge < -0.3 is 9.84 Å². The van der Waals surface area contributed by atoms with Gasteiger partial charge in [0.25, 0.3) is 0 Å². The van der Waals surface area contributed by atoms with Crippen molar-refractivity contribution in [1.82, 2.24) is 0 Å². The van der Waals surface area contributed by atoms with E-state index in [9.17, 15) is 9.59 Å². The molecular weight excluding hydrogens is 220 g/mol. The predicted octanol–water partition coefficient (Wildman–Crippen LogP) is 1.61. The number of benzene rings is 1. The second-order valence-corrected chi connectivity index (χ2v) is 3.39. The summed E-state index contributed by atoms with van der Waals surface area (Å²) in [5, 5.41) is 8.84. The zero-order valence-electron chi connectivity index (χ0n) is 9.61. The first-order chi connectivity index (χ1) is 8.04. The average molecular weight is 232 g/mol. The van der Waals surface area contributed by atoms with Crippen molar-refractivity contribution in [2.75, 3.05) is 7.11 Å². The van der Waals surface area contributed by atoms with E-state index in [2.05, 4.69) is 16.6 Å². The molecule has 1 aromatic rings. The van der Waals surface area contributed by atoms with Crippen molar-refractivity contribution < 1.29 is 19.4 Å². The van der Waals surface area contributed by atoms with E-state index in [-0.39, 0.29) is 12.0 Å². The van der Waals surface area contributed by atoms with Gasteiger partial charge in [-0.1, -0.05) is 11.8 Å². The van der Waals surface area contributed by atoms with E-state index in [4.69, 9.17) is 5.11 Å². The summed E-state index contributed by atoms with van der Waals surface area (Å²) < 4.78 is 4.44. The molecule has 0 heterocycles. The lowest BCUT2D eigenvalue weighted by molar-refractivity contribution is -0.139. The van der Waals surface area contributed by atoms with Crippen LogP contribution >= 0.6 is 0 Å². The van der Waals surface area contributed by atoms with Gasteiger partial charge in [0, 0.05) is 5.56 Å². The Hall–Kier alpha value is -2.28. The molecule has 0 bridgehead atoms. The molecule has 1 rings (SSSR count). The van der Waals surface area contributed by atoms with E-state index in [1.54, 1.807) is 19.1 Å². The normalized spacial score (nSPS) is 9.06. The number of hydrogen-bond acceptors (Lipinski definition) is 3. The van der Waals surface area contributed by atoms with Crippen LogP contribution in [0.15, 0.2) is 18.2 Å². The summed E-state index contributed by atoms with van der Waals surface area (Å²) in [6.07, 6.45) is 0.0240. The van der Waals surface area contributed by atoms with E-state index in [1.807, 2.05) is 0 Å². The first kappa shape index (κ1) is 12.8. The smallest absolute Gasteiger partial charge is 0.335 e. The molecule has 0 aromatic heterocycles. The molecule has 0 atom stereocenters. The Kier molecular flexibility index (Phi) is 4.29. The monoisotopic (exact) mass is 232 g/mol. The Labute approximate surface area is 99.2 Å². The first-order valence-corrected chi connectivity index (χ1v) is 4.94. The first-order valence-electron chi connectivity index (χ1n) is 4.94. The number of rotatable bonds is 2. The number of carboxylic acids is 1. The van der Waals surface area contributed by atoms with Crippen molar-refractivity contribution in [2.24, 2.45) is 0 Å². The fraction of sp³-hybridized carbons (Fsp3) is 0.231. The van der Waals surface area contributed by atoms with Crippen molar-refractivity contribution in [3.8, 4) is 11.8 Å². The molecule has 0 aliphatic carbocycles. The van der Waals surface area contributed by atoms with Gasteiger partial charge in [-0.3, -0.25) is 4.79 Å². The molecule has 4 heteroatoms. The quantitative estimate of drug-likeness (QED) is 0.621. The van der Waals surface area contributed by atoms with Crippen LogP contribution in [0.25, 0.3) is 0 Å². The zero-order chi connectivity index (χ0) is 12.8. The van der Waals surface area contributed by atoms with Crippen LogP contribution in [-0.2, 0) is 9.53 Å². The molecule has 0 radical (unpaired) electrons. The van der Waals surface area contributed by atoms with Gasteiger partial charge in [-0.05, 0) is 30.7 Å². The van der Waals surface area contributed by atoms with Crippen molar-refractivity contribution in [3.63, 3.8) is 0 Å². The van der Waals surface area contributed by atoms with Gasteiger partial charge in [0.15, 0.2) is 0 Å². The molecule has 0 unspecified atom stereocenters. The molecule has 0 aliphatic rings. The van der Waals surface area contributed by atoms with Crippen LogP contribution in [0, 0.1) is 18.8 Å². The van der Waals surface area contributed by atoms with Crippen molar-refractivity contribution in [3.05, 3.63) is 34.9 Å². The van der Waals surface area contributed by atoms with E-state index in [0.29, 0.717) is 11.1 Å². The minimum Gasteiger partial charge on any atom is -0.478 e. The van der Waals surface area contributed by atoms with Crippen LogP contribution in [0.4, 0.5) is 0 Å². The predicted molar refractivity (Wildman–Crippen MR) is 61.6 cm³/mol. The molecule has 17 heavy (non-hydrogen) atoms. The van der Waals surface area contributed by atoms with E-state index in [1.165, 1.54) is 13.2 Å². The molecule has 4 nitrogen and oxygen atoms in total. The summed E-state index contributed by atoms with van der Waals surface area (Å²) in [5.41, 5.74) is 1.57. The highest BCUT2D eigenvalue weighted by atomic mass is 16.5. The van der Waals surface area contributed by atoms with Crippen molar-refractivity contribution >= 4 is 11.9 Å². The van der Waals surface area contributed by atoms with Crippen LogP contribution in [0.2, 0.25) is 0 Å². The number of aryl methyl sites for hydroxylation is 1. The number of carboxylic acid groups (broad SMARTS) is 1. The summed E-state index contributed by atoms with van der Waals surface area (Å²) >= 11 is 0. The van der Waals surface area contributed by atoms with Crippen LogP contribution in [0.1, 0.15) is 27.9 Å². The van der Waals surface area contributed by atoms with Gasteiger partial charge >= 0.3 is 11.9 Å². The number of carbonyl (C=O) groups is 2. The molecular formula is C13H12O4. The third-order valence-electron chi connectivity index (χ3n) is 2.15. The Balaban J connectivity index is 2.84. The van der Waals surface area contributed by atoms with Gasteiger partial charge in [-0.15, -0.1) is 0 Å². The largest absolute Gasteiger partial charge is 0.478 e. The van der Waals surface area contributed by atoms with Crippen molar-refractivity contribution in [2.45, 2.75) is 13.3 Å². The molecule has 1 N–H and O–H groups in total. The number of carbonyl (C=O) groups excluding carboxylic acids is 1. The number of ether oxygens (including phenoxy) is 1. The Morgan fingerprint density at radius 2 is 2.12 bits per heavy atom. The fourth-order valence-electron chi connectivity index (χ4n) is 1.27. The molecule has 1 aromatic carbocycles. The Morgan fingerprint density at radius 3 is 2.65 bits per heavy atom. The minimum atomic E-state index is -0.962. The fourth-order valence-corrected chi connectivity index (χ4v) is 1.27. The molecule has 0 saturated carbocycles. The highest BCUT2D eigenvalue weighted by Gasteiger charge is 2.05. The second-order valence-electron chi connectivity index (χ2n) is 3.39. The number of methoxy groups -OCH3 is 1. The average Bonchev–Trinajstić information content (AvgIpc) is 2.28. The Morgan fingerprint density at radius 1 is 1.41 bits per heavy atom. The summed E-state index contributed by atoms with van der Waals surface area (Å²) in [7, 11) is 1.30. The van der Waals surface area contributed by atoms with E-state index >= 15 is 0 Å². The van der Waals surface area contributed by atoms with Crippen LogP contribution in [0.5, 0.6) is 0 Å². The molecule has 0 spiro atoms. The van der Waals surface area contributed by atoms with E-state index < -0.39 is 11.9 Å². The van der Waals surface area contributed by atoms with Gasteiger partial charge in [0.05, 0.1) is 12.7 Å². The summed E-state index contributed by atoms with van der Waals surface area (Å²) in [6.45, 7) is 1.70.